The molecule has 0 unspecified atom stereocenters. The van der Waals surface area contributed by atoms with E-state index in [0.717, 1.165) is 4.88 Å². The molecule has 3 rings (SSSR count). The fourth-order valence-corrected chi connectivity index (χ4v) is 2.98. The summed E-state index contributed by atoms with van der Waals surface area (Å²) in [5.74, 6) is 0.188. The lowest BCUT2D eigenvalue weighted by Crippen LogP contribution is -2.32. The van der Waals surface area contributed by atoms with Gasteiger partial charge in [-0.25, -0.2) is 0 Å². The normalized spacial score (nSPS) is 13.0. The van der Waals surface area contributed by atoms with Gasteiger partial charge >= 0.3 is 0 Å². The predicted molar refractivity (Wildman–Crippen MR) is 97.2 cm³/mol. The highest BCUT2D eigenvalue weighted by atomic mass is 79.9. The molecule has 0 radical (unpaired) electrons. The van der Waals surface area contributed by atoms with Crippen molar-refractivity contribution in [2.24, 2.45) is 0 Å². The summed E-state index contributed by atoms with van der Waals surface area (Å²) in [5, 5.41) is 1.90. The SMILES string of the molecule is Br.O=C(CN1C=CN(CC(=O)c2cccs2)C1)c1ccccc1. The third-order valence-corrected chi connectivity index (χ3v) is 4.35. The highest BCUT2D eigenvalue weighted by Crippen LogP contribution is 2.13. The number of nitrogens with zero attached hydrogens (tertiary/aromatic N) is 2. The molecule has 1 aliphatic rings. The second-order valence-corrected chi connectivity index (χ2v) is 6.07. The van der Waals surface area contributed by atoms with Gasteiger partial charge in [-0.05, 0) is 11.4 Å². The number of ketones is 2. The Morgan fingerprint density at radius 2 is 1.57 bits per heavy atom. The molecule has 0 amide bonds. The van der Waals surface area contributed by atoms with E-state index >= 15 is 0 Å². The van der Waals surface area contributed by atoms with Crippen molar-refractivity contribution < 1.29 is 9.59 Å². The monoisotopic (exact) mass is 392 g/mol. The first-order chi connectivity index (χ1) is 10.7. The number of hydrogen-bond acceptors (Lipinski definition) is 5. The van der Waals surface area contributed by atoms with Gasteiger partial charge in [-0.3, -0.25) is 9.59 Å². The lowest BCUT2D eigenvalue weighted by atomic mass is 10.1. The van der Waals surface area contributed by atoms with Gasteiger partial charge in [0, 0.05) is 18.0 Å². The van der Waals surface area contributed by atoms with Crippen molar-refractivity contribution in [2.45, 2.75) is 0 Å². The van der Waals surface area contributed by atoms with Gasteiger partial charge in [0.1, 0.15) is 0 Å². The first-order valence-corrected chi connectivity index (χ1v) is 7.92. The number of Topliss-reactive ketones (excluding diaryl/α,β-unsaturated/α-hetero) is 2. The van der Waals surface area contributed by atoms with Gasteiger partial charge in [-0.2, -0.15) is 0 Å². The summed E-state index contributed by atoms with van der Waals surface area (Å²) in [6.07, 6.45) is 3.73. The molecule has 0 aliphatic carbocycles. The van der Waals surface area contributed by atoms with Crippen LogP contribution in [0.2, 0.25) is 0 Å². The Balaban J connectivity index is 0.00000192. The predicted octanol–water partition coefficient (Wildman–Crippen LogP) is 3.44. The summed E-state index contributed by atoms with van der Waals surface area (Å²) in [6, 6.07) is 13.0. The molecule has 1 aromatic carbocycles. The van der Waals surface area contributed by atoms with Crippen molar-refractivity contribution in [3.63, 3.8) is 0 Å². The van der Waals surface area contributed by atoms with Gasteiger partial charge in [-0.1, -0.05) is 36.4 Å². The van der Waals surface area contributed by atoms with E-state index in [0.29, 0.717) is 25.3 Å². The molecule has 0 spiro atoms. The minimum absolute atomic E-state index is 0. The lowest BCUT2D eigenvalue weighted by Gasteiger charge is -2.20. The van der Waals surface area contributed by atoms with Crippen LogP contribution < -0.4 is 0 Å². The second kappa shape index (κ2) is 8.08. The minimum Gasteiger partial charge on any atom is -0.351 e. The van der Waals surface area contributed by atoms with Crippen LogP contribution in [0.25, 0.3) is 0 Å². The molecule has 0 fully saturated rings. The van der Waals surface area contributed by atoms with Gasteiger partial charge in [0.2, 0.25) is 0 Å². The molecule has 4 nitrogen and oxygen atoms in total. The Bertz CT molecular complexity index is 686. The molecule has 2 aromatic rings. The van der Waals surface area contributed by atoms with Crippen molar-refractivity contribution in [1.29, 1.82) is 0 Å². The van der Waals surface area contributed by atoms with E-state index in [1.165, 1.54) is 11.3 Å². The number of hydrogen-bond donors (Lipinski definition) is 0. The van der Waals surface area contributed by atoms with Crippen LogP contribution in [0.3, 0.4) is 0 Å². The highest BCUT2D eigenvalue weighted by molar-refractivity contribution is 8.93. The van der Waals surface area contributed by atoms with E-state index in [9.17, 15) is 9.59 Å². The summed E-state index contributed by atoms with van der Waals surface area (Å²) < 4.78 is 0. The Morgan fingerprint density at radius 1 is 0.913 bits per heavy atom. The summed E-state index contributed by atoms with van der Waals surface area (Å²) in [6.45, 7) is 1.23. The zero-order chi connectivity index (χ0) is 15.4. The minimum atomic E-state index is 0. The molecule has 120 valence electrons. The molecular formula is C17H17BrN2O2S. The molecule has 0 saturated heterocycles. The zero-order valence-electron chi connectivity index (χ0n) is 12.4. The average molecular weight is 393 g/mol. The van der Waals surface area contributed by atoms with Crippen molar-refractivity contribution in [1.82, 2.24) is 9.80 Å². The summed E-state index contributed by atoms with van der Waals surface area (Å²) in [4.78, 5) is 28.8. The molecule has 2 heterocycles. The van der Waals surface area contributed by atoms with Crippen LogP contribution in [0.15, 0.2) is 60.2 Å². The summed E-state index contributed by atoms with van der Waals surface area (Å²) >= 11 is 1.46. The maximum absolute atomic E-state index is 12.2. The van der Waals surface area contributed by atoms with Gasteiger partial charge in [0.05, 0.1) is 24.6 Å². The average Bonchev–Trinajstić information content (AvgIpc) is 3.20. The molecular weight excluding hydrogens is 376 g/mol. The van der Waals surface area contributed by atoms with Gasteiger partial charge < -0.3 is 9.80 Å². The van der Waals surface area contributed by atoms with E-state index < -0.39 is 0 Å². The van der Waals surface area contributed by atoms with Gasteiger partial charge in [0.25, 0.3) is 0 Å². The molecule has 0 saturated carbocycles. The lowest BCUT2D eigenvalue weighted by molar-refractivity contribution is 0.0923. The fourth-order valence-electron chi connectivity index (χ4n) is 2.32. The van der Waals surface area contributed by atoms with E-state index in [4.69, 9.17) is 0 Å². The maximum Gasteiger partial charge on any atom is 0.192 e. The van der Waals surface area contributed by atoms with Gasteiger partial charge in [0.15, 0.2) is 11.6 Å². The standard InChI is InChI=1S/C17H16N2O2S.BrH/c20-15(14-5-2-1-3-6-14)11-18-8-9-19(13-18)12-16(21)17-7-4-10-22-17;/h1-10H,11-13H2;1H. The molecule has 1 aromatic heterocycles. The Hall–Kier alpha value is -1.92. The van der Waals surface area contributed by atoms with Gasteiger partial charge in [-0.15, -0.1) is 28.3 Å². The van der Waals surface area contributed by atoms with E-state index in [-0.39, 0.29) is 28.5 Å². The summed E-state index contributed by atoms with van der Waals surface area (Å²) in [5.41, 5.74) is 0.712. The van der Waals surface area contributed by atoms with E-state index in [1.54, 1.807) is 0 Å². The smallest absolute Gasteiger partial charge is 0.192 e. The van der Waals surface area contributed by atoms with Crippen LogP contribution in [0.5, 0.6) is 0 Å². The first-order valence-electron chi connectivity index (χ1n) is 7.04. The van der Waals surface area contributed by atoms with E-state index in [2.05, 4.69) is 0 Å². The largest absolute Gasteiger partial charge is 0.351 e. The van der Waals surface area contributed by atoms with Crippen LogP contribution in [-0.4, -0.2) is 41.1 Å². The van der Waals surface area contributed by atoms with Crippen molar-refractivity contribution in [3.05, 3.63) is 70.7 Å². The van der Waals surface area contributed by atoms with E-state index in [1.807, 2.05) is 70.0 Å². The van der Waals surface area contributed by atoms with Crippen LogP contribution in [0.4, 0.5) is 0 Å². The fraction of sp³-hybridized carbons (Fsp3) is 0.176. The Morgan fingerprint density at radius 3 is 2.17 bits per heavy atom. The molecule has 6 heteroatoms. The Labute approximate surface area is 149 Å². The van der Waals surface area contributed by atoms with Crippen molar-refractivity contribution >= 4 is 39.9 Å². The number of carbonyl (C=O) groups is 2. The van der Waals surface area contributed by atoms with Crippen molar-refractivity contribution in [2.75, 3.05) is 19.8 Å². The quantitative estimate of drug-likeness (QED) is 0.706. The molecule has 23 heavy (non-hydrogen) atoms. The molecule has 0 bridgehead atoms. The third kappa shape index (κ3) is 4.53. The van der Waals surface area contributed by atoms with Crippen LogP contribution in [0, 0.1) is 0 Å². The number of halogens is 1. The highest BCUT2D eigenvalue weighted by Gasteiger charge is 2.19. The summed E-state index contributed by atoms with van der Waals surface area (Å²) in [7, 11) is 0. The number of benzene rings is 1. The maximum atomic E-state index is 12.2. The number of thiophene rings is 1. The molecule has 0 atom stereocenters. The van der Waals surface area contributed by atoms with Crippen LogP contribution in [-0.2, 0) is 0 Å². The Kier molecular flexibility index (Phi) is 6.12. The zero-order valence-corrected chi connectivity index (χ0v) is 15.0. The van der Waals surface area contributed by atoms with Crippen LogP contribution >= 0.6 is 28.3 Å². The second-order valence-electron chi connectivity index (χ2n) is 5.12. The molecule has 0 N–H and O–H groups in total. The van der Waals surface area contributed by atoms with Crippen LogP contribution in [0.1, 0.15) is 20.0 Å². The molecule has 1 aliphatic heterocycles. The topological polar surface area (TPSA) is 40.6 Å². The number of rotatable bonds is 6. The third-order valence-electron chi connectivity index (χ3n) is 3.44. The first kappa shape index (κ1) is 17.4. The number of carbonyl (C=O) groups excluding carboxylic acids is 2. The van der Waals surface area contributed by atoms with Crippen molar-refractivity contribution in [3.8, 4) is 0 Å².